The highest BCUT2D eigenvalue weighted by Gasteiger charge is 2.39. The van der Waals surface area contributed by atoms with E-state index in [2.05, 4.69) is 15.6 Å². The van der Waals surface area contributed by atoms with Gasteiger partial charge in [0.25, 0.3) is 5.91 Å². The number of amides is 1. The molecule has 24 heavy (non-hydrogen) atoms. The third-order valence-corrected chi connectivity index (χ3v) is 4.19. The number of anilines is 1. The van der Waals surface area contributed by atoms with Gasteiger partial charge in [0.05, 0.1) is 0 Å². The molecule has 1 aliphatic rings. The molecule has 2 heterocycles. The number of nitrogens with one attached hydrogen (secondary N) is 2. The molecule has 2 N–H and O–H groups in total. The van der Waals surface area contributed by atoms with Crippen molar-refractivity contribution in [2.24, 2.45) is 0 Å². The summed E-state index contributed by atoms with van der Waals surface area (Å²) in [5.74, 6) is 1.23. The van der Waals surface area contributed by atoms with Crippen LogP contribution in [0.5, 0.6) is 11.5 Å². The van der Waals surface area contributed by atoms with E-state index < -0.39 is 5.60 Å². The Kier molecular flexibility index (Phi) is 5.08. The molecule has 0 saturated carbocycles. The number of ether oxygens (including phenoxy) is 2. The molecule has 2 aromatic rings. The van der Waals surface area contributed by atoms with E-state index in [4.69, 9.17) is 9.47 Å². The minimum absolute atomic E-state index is 0.118. The van der Waals surface area contributed by atoms with Gasteiger partial charge in [-0.25, -0.2) is 0 Å². The molecule has 0 radical (unpaired) electrons. The lowest BCUT2D eigenvalue weighted by Crippen LogP contribution is -2.51. The van der Waals surface area contributed by atoms with Crippen LogP contribution in [0.25, 0.3) is 0 Å². The van der Waals surface area contributed by atoms with Gasteiger partial charge in [-0.3, -0.25) is 9.78 Å². The van der Waals surface area contributed by atoms with Gasteiger partial charge in [-0.2, -0.15) is 0 Å². The summed E-state index contributed by atoms with van der Waals surface area (Å²) < 4.78 is 11.3. The van der Waals surface area contributed by atoms with E-state index in [1.165, 1.54) is 0 Å². The topological polar surface area (TPSA) is 72.5 Å². The second kappa shape index (κ2) is 7.42. The monoisotopic (exact) mass is 327 g/mol. The number of hydrogen-bond donors (Lipinski definition) is 2. The van der Waals surface area contributed by atoms with Crippen LogP contribution in [0.1, 0.15) is 12.8 Å². The van der Waals surface area contributed by atoms with Crippen molar-refractivity contribution in [2.75, 3.05) is 25.5 Å². The van der Waals surface area contributed by atoms with Crippen molar-refractivity contribution >= 4 is 11.6 Å². The fourth-order valence-electron chi connectivity index (χ4n) is 2.78. The van der Waals surface area contributed by atoms with E-state index in [0.29, 0.717) is 30.0 Å². The number of nitrogens with zero attached hydrogens (tertiary/aromatic N) is 1. The van der Waals surface area contributed by atoms with Crippen LogP contribution in [0.2, 0.25) is 0 Å². The normalized spacial score (nSPS) is 16.4. The Hall–Kier alpha value is -2.44. The van der Waals surface area contributed by atoms with Crippen molar-refractivity contribution < 1.29 is 14.3 Å². The number of carbonyl (C=O) groups excluding carboxylic acids is 1. The maximum atomic E-state index is 12.7. The number of piperidine rings is 1. The van der Waals surface area contributed by atoms with E-state index >= 15 is 0 Å². The predicted octanol–water partition coefficient (Wildman–Crippen LogP) is 2.58. The molecule has 1 amide bonds. The highest BCUT2D eigenvalue weighted by atomic mass is 16.5. The number of hydrogen-bond acceptors (Lipinski definition) is 5. The van der Waals surface area contributed by atoms with Crippen LogP contribution in [0.15, 0.2) is 48.8 Å². The highest BCUT2D eigenvalue weighted by Crippen LogP contribution is 2.27. The Morgan fingerprint density at radius 3 is 2.62 bits per heavy atom. The van der Waals surface area contributed by atoms with Crippen molar-refractivity contribution in [3.05, 3.63) is 48.8 Å². The molecule has 6 nitrogen and oxygen atoms in total. The standard InChI is InChI=1S/C18H21N3O3/c1-23-18(7-11-20-12-8-18)17(22)21-14-3-2-4-16(13-14)24-15-5-9-19-10-6-15/h2-6,9-10,13,20H,7-8,11-12H2,1H3,(H,21,22). The Morgan fingerprint density at radius 1 is 1.17 bits per heavy atom. The smallest absolute Gasteiger partial charge is 0.256 e. The van der Waals surface area contributed by atoms with E-state index in [-0.39, 0.29) is 5.91 Å². The number of aromatic nitrogens is 1. The molecular weight excluding hydrogens is 306 g/mol. The van der Waals surface area contributed by atoms with Crippen molar-refractivity contribution in [2.45, 2.75) is 18.4 Å². The average molecular weight is 327 g/mol. The molecule has 6 heteroatoms. The van der Waals surface area contributed by atoms with Crippen molar-refractivity contribution in [1.82, 2.24) is 10.3 Å². The molecule has 1 saturated heterocycles. The van der Waals surface area contributed by atoms with Gasteiger partial charge in [0.15, 0.2) is 0 Å². The quantitative estimate of drug-likeness (QED) is 0.883. The first-order valence-electron chi connectivity index (χ1n) is 7.97. The molecule has 126 valence electrons. The van der Waals surface area contributed by atoms with Gasteiger partial charge >= 0.3 is 0 Å². The second-order valence-corrected chi connectivity index (χ2v) is 5.72. The molecule has 0 spiro atoms. The van der Waals surface area contributed by atoms with Crippen molar-refractivity contribution in [1.29, 1.82) is 0 Å². The lowest BCUT2D eigenvalue weighted by molar-refractivity contribution is -0.140. The minimum atomic E-state index is -0.771. The lowest BCUT2D eigenvalue weighted by Gasteiger charge is -2.34. The van der Waals surface area contributed by atoms with Crippen LogP contribution in [-0.4, -0.2) is 36.7 Å². The zero-order valence-corrected chi connectivity index (χ0v) is 13.6. The Labute approximate surface area is 141 Å². The number of benzene rings is 1. The zero-order valence-electron chi connectivity index (χ0n) is 13.6. The fourth-order valence-corrected chi connectivity index (χ4v) is 2.78. The molecule has 3 rings (SSSR count). The number of carbonyl (C=O) groups is 1. The maximum Gasteiger partial charge on any atom is 0.256 e. The summed E-state index contributed by atoms with van der Waals surface area (Å²) in [6.07, 6.45) is 4.64. The van der Waals surface area contributed by atoms with Crippen molar-refractivity contribution in [3.8, 4) is 11.5 Å². The SMILES string of the molecule is COC1(C(=O)Nc2cccc(Oc3ccncc3)c2)CCNCC1. The number of methoxy groups -OCH3 is 1. The van der Waals surface area contributed by atoms with Gasteiger partial charge in [0, 0.05) is 31.3 Å². The maximum absolute atomic E-state index is 12.7. The molecule has 1 aromatic carbocycles. The fraction of sp³-hybridized carbons (Fsp3) is 0.333. The highest BCUT2D eigenvalue weighted by molar-refractivity contribution is 5.97. The van der Waals surface area contributed by atoms with E-state index in [1.54, 1.807) is 37.7 Å². The van der Waals surface area contributed by atoms with Crippen LogP contribution in [0.4, 0.5) is 5.69 Å². The van der Waals surface area contributed by atoms with Crippen LogP contribution in [0.3, 0.4) is 0 Å². The molecular formula is C18H21N3O3. The van der Waals surface area contributed by atoms with E-state index in [0.717, 1.165) is 13.1 Å². The van der Waals surface area contributed by atoms with Crippen LogP contribution >= 0.6 is 0 Å². The second-order valence-electron chi connectivity index (χ2n) is 5.72. The molecule has 1 fully saturated rings. The number of pyridine rings is 1. The van der Waals surface area contributed by atoms with Gasteiger partial charge < -0.3 is 20.1 Å². The summed E-state index contributed by atoms with van der Waals surface area (Å²) in [4.78, 5) is 16.6. The summed E-state index contributed by atoms with van der Waals surface area (Å²) in [7, 11) is 1.59. The summed E-state index contributed by atoms with van der Waals surface area (Å²) in [6.45, 7) is 1.54. The van der Waals surface area contributed by atoms with Gasteiger partial charge in [-0.05, 0) is 50.2 Å². The Bertz CT molecular complexity index is 685. The predicted molar refractivity (Wildman–Crippen MR) is 91.2 cm³/mol. The first-order valence-corrected chi connectivity index (χ1v) is 7.97. The van der Waals surface area contributed by atoms with Gasteiger partial charge in [0.1, 0.15) is 17.1 Å². The van der Waals surface area contributed by atoms with E-state index in [9.17, 15) is 4.79 Å². The lowest BCUT2D eigenvalue weighted by atomic mass is 9.91. The first kappa shape index (κ1) is 16.4. The molecule has 1 aliphatic heterocycles. The summed E-state index contributed by atoms with van der Waals surface area (Å²) >= 11 is 0. The van der Waals surface area contributed by atoms with Crippen LogP contribution < -0.4 is 15.4 Å². The summed E-state index contributed by atoms with van der Waals surface area (Å²) in [5.41, 5.74) is -0.0887. The molecule has 0 unspecified atom stereocenters. The average Bonchev–Trinajstić information content (AvgIpc) is 2.63. The third kappa shape index (κ3) is 3.72. The third-order valence-electron chi connectivity index (χ3n) is 4.19. The summed E-state index contributed by atoms with van der Waals surface area (Å²) in [6, 6.07) is 10.9. The number of rotatable bonds is 5. The first-order chi connectivity index (χ1) is 11.7. The van der Waals surface area contributed by atoms with E-state index in [1.807, 2.05) is 18.2 Å². The molecule has 0 aliphatic carbocycles. The largest absolute Gasteiger partial charge is 0.457 e. The summed E-state index contributed by atoms with van der Waals surface area (Å²) in [5, 5.41) is 6.19. The Balaban J connectivity index is 1.71. The van der Waals surface area contributed by atoms with Crippen LogP contribution in [0, 0.1) is 0 Å². The van der Waals surface area contributed by atoms with Gasteiger partial charge in [-0.15, -0.1) is 0 Å². The molecule has 0 bridgehead atoms. The van der Waals surface area contributed by atoms with Gasteiger partial charge in [0.2, 0.25) is 0 Å². The minimum Gasteiger partial charge on any atom is -0.457 e. The Morgan fingerprint density at radius 2 is 1.92 bits per heavy atom. The van der Waals surface area contributed by atoms with Crippen LogP contribution in [-0.2, 0) is 9.53 Å². The zero-order chi connectivity index (χ0) is 16.8. The molecule has 1 aromatic heterocycles. The van der Waals surface area contributed by atoms with Gasteiger partial charge in [-0.1, -0.05) is 6.07 Å². The van der Waals surface area contributed by atoms with Crippen molar-refractivity contribution in [3.63, 3.8) is 0 Å². The molecule has 0 atom stereocenters.